The Labute approximate surface area is 200 Å². The normalized spacial score (nSPS) is 18.4. The lowest BCUT2D eigenvalue weighted by atomic mass is 9.92. The molecular weight excluding hydrogens is 463 g/mol. The zero-order valence-corrected chi connectivity index (χ0v) is 20.1. The van der Waals surface area contributed by atoms with Gasteiger partial charge in [-0.25, -0.2) is 4.99 Å². The highest BCUT2D eigenvalue weighted by Gasteiger charge is 2.31. The Hall–Kier alpha value is -3.05. The molecule has 8 nitrogen and oxygen atoms in total. The third kappa shape index (κ3) is 5.79. The van der Waals surface area contributed by atoms with Gasteiger partial charge in [0, 0.05) is 31.0 Å². The van der Waals surface area contributed by atoms with Gasteiger partial charge in [0.1, 0.15) is 6.54 Å². The molecule has 0 aliphatic heterocycles. The van der Waals surface area contributed by atoms with Crippen LogP contribution in [0.1, 0.15) is 50.7 Å². The van der Waals surface area contributed by atoms with Crippen LogP contribution in [0.2, 0.25) is 0 Å². The molecule has 1 aliphatic rings. The zero-order chi connectivity index (χ0) is 25.4. The Balaban J connectivity index is 1.75. The van der Waals surface area contributed by atoms with Crippen LogP contribution in [0.4, 0.5) is 24.9 Å². The summed E-state index contributed by atoms with van der Waals surface area (Å²) in [6.45, 7) is 4.39. The van der Waals surface area contributed by atoms with E-state index in [-0.39, 0.29) is 11.9 Å². The molecule has 0 unspecified atom stereocenters. The SMILES string of the molecule is COC(C)(C)c1cc(NCC(F)(F)F)cc2c(C)cc(-c3nnc(/N=C4\CCC[C@H](O)C4)o3)[nH+]c12. The number of aryl methyl sites for hydroxylation is 1. The first-order valence-corrected chi connectivity index (χ1v) is 11.4. The summed E-state index contributed by atoms with van der Waals surface area (Å²) in [5, 5.41) is 21.2. The minimum absolute atomic E-state index is 0.111. The topological polar surface area (TPSA) is 107 Å². The fourth-order valence-electron chi connectivity index (χ4n) is 4.18. The summed E-state index contributed by atoms with van der Waals surface area (Å²) in [7, 11) is 1.55. The van der Waals surface area contributed by atoms with Crippen LogP contribution in [-0.2, 0) is 10.3 Å². The van der Waals surface area contributed by atoms with E-state index in [1.807, 2.05) is 20.8 Å². The van der Waals surface area contributed by atoms with Crippen molar-refractivity contribution in [3.05, 3.63) is 29.3 Å². The van der Waals surface area contributed by atoms with Gasteiger partial charge in [-0.2, -0.15) is 18.2 Å². The van der Waals surface area contributed by atoms with E-state index in [1.54, 1.807) is 25.3 Å². The highest BCUT2D eigenvalue weighted by Crippen LogP contribution is 2.34. The smallest absolute Gasteiger partial charge is 0.396 e. The molecule has 0 spiro atoms. The van der Waals surface area contributed by atoms with Crippen molar-refractivity contribution >= 4 is 28.3 Å². The lowest BCUT2D eigenvalue weighted by Crippen LogP contribution is -2.25. The molecule has 1 atom stereocenters. The maximum atomic E-state index is 12.8. The molecule has 2 heterocycles. The molecule has 188 valence electrons. The number of hydrogen-bond donors (Lipinski definition) is 2. The number of alkyl halides is 3. The molecule has 3 N–H and O–H groups in total. The van der Waals surface area contributed by atoms with E-state index in [1.165, 1.54) is 0 Å². The number of fused-ring (bicyclic) bond motifs is 1. The van der Waals surface area contributed by atoms with Crippen LogP contribution in [0.3, 0.4) is 0 Å². The molecule has 1 aromatic carbocycles. The predicted molar refractivity (Wildman–Crippen MR) is 125 cm³/mol. The van der Waals surface area contributed by atoms with Crippen molar-refractivity contribution in [2.45, 2.75) is 64.3 Å². The Morgan fingerprint density at radius 2 is 2.03 bits per heavy atom. The molecule has 2 aromatic heterocycles. The van der Waals surface area contributed by atoms with Gasteiger partial charge in [0.25, 0.3) is 5.69 Å². The first-order chi connectivity index (χ1) is 16.4. The minimum atomic E-state index is -4.34. The van der Waals surface area contributed by atoms with Gasteiger partial charge >= 0.3 is 18.1 Å². The van der Waals surface area contributed by atoms with Crippen molar-refractivity contribution in [2.75, 3.05) is 19.0 Å². The van der Waals surface area contributed by atoms with Crippen LogP contribution in [0.25, 0.3) is 22.5 Å². The second-order valence-corrected chi connectivity index (χ2v) is 9.31. The van der Waals surface area contributed by atoms with Crippen LogP contribution in [0.5, 0.6) is 0 Å². The molecule has 0 amide bonds. The molecule has 3 aromatic rings. The van der Waals surface area contributed by atoms with Crippen molar-refractivity contribution < 1.29 is 32.4 Å². The van der Waals surface area contributed by atoms with Gasteiger partial charge in [-0.05, 0) is 57.7 Å². The molecule has 4 rings (SSSR count). The monoisotopic (exact) mass is 492 g/mol. The highest BCUT2D eigenvalue weighted by atomic mass is 19.4. The third-order valence-corrected chi connectivity index (χ3v) is 6.21. The minimum Gasteiger partial charge on any atom is -0.396 e. The Bertz CT molecular complexity index is 1250. The number of aromatic nitrogens is 3. The third-order valence-electron chi connectivity index (χ3n) is 6.21. The number of H-pyrrole nitrogens is 1. The first-order valence-electron chi connectivity index (χ1n) is 11.4. The lowest BCUT2D eigenvalue weighted by molar-refractivity contribution is -0.333. The summed E-state index contributed by atoms with van der Waals surface area (Å²) >= 11 is 0. The molecule has 1 fully saturated rings. The second kappa shape index (κ2) is 9.54. The number of nitrogens with zero attached hydrogens (tertiary/aromatic N) is 3. The van der Waals surface area contributed by atoms with Gasteiger partial charge < -0.3 is 19.6 Å². The maximum Gasteiger partial charge on any atom is 0.405 e. The van der Waals surface area contributed by atoms with Crippen molar-refractivity contribution in [1.82, 2.24) is 10.2 Å². The van der Waals surface area contributed by atoms with E-state index in [2.05, 4.69) is 25.5 Å². The quantitative estimate of drug-likeness (QED) is 0.508. The number of ether oxygens (including phenoxy) is 1. The number of hydrogen-bond acceptors (Lipinski definition) is 7. The molecule has 35 heavy (non-hydrogen) atoms. The number of pyridine rings is 1. The number of aromatic amines is 1. The van der Waals surface area contributed by atoms with E-state index in [0.29, 0.717) is 28.9 Å². The van der Waals surface area contributed by atoms with Crippen LogP contribution in [0, 0.1) is 6.92 Å². The molecule has 1 saturated carbocycles. The van der Waals surface area contributed by atoms with Crippen molar-refractivity contribution in [3.63, 3.8) is 0 Å². The van der Waals surface area contributed by atoms with Crippen LogP contribution < -0.4 is 10.3 Å². The van der Waals surface area contributed by atoms with Crippen molar-refractivity contribution in [2.24, 2.45) is 4.99 Å². The summed E-state index contributed by atoms with van der Waals surface area (Å²) in [6, 6.07) is 5.23. The Kier molecular flexibility index (Phi) is 6.83. The molecule has 0 bridgehead atoms. The Morgan fingerprint density at radius 1 is 1.26 bits per heavy atom. The number of aliphatic hydroxyl groups excluding tert-OH is 1. The van der Waals surface area contributed by atoms with E-state index in [4.69, 9.17) is 9.15 Å². The fraction of sp³-hybridized carbons (Fsp3) is 0.500. The van der Waals surface area contributed by atoms with E-state index in [9.17, 15) is 18.3 Å². The van der Waals surface area contributed by atoms with Crippen LogP contribution in [-0.4, -0.2) is 47.0 Å². The van der Waals surface area contributed by atoms with Gasteiger partial charge in [-0.3, -0.25) is 0 Å². The number of methoxy groups -OCH3 is 1. The first kappa shape index (κ1) is 25.1. The number of rotatable bonds is 6. The molecular formula is C24H29F3N5O3+. The molecule has 1 aliphatic carbocycles. The average molecular weight is 493 g/mol. The van der Waals surface area contributed by atoms with E-state index < -0.39 is 24.4 Å². The van der Waals surface area contributed by atoms with Gasteiger partial charge in [0.15, 0.2) is 0 Å². The summed E-state index contributed by atoms with van der Waals surface area (Å²) in [4.78, 5) is 7.71. The van der Waals surface area contributed by atoms with E-state index in [0.717, 1.165) is 35.9 Å². The van der Waals surface area contributed by atoms with Gasteiger partial charge in [0.05, 0.1) is 22.7 Å². The highest BCUT2D eigenvalue weighted by molar-refractivity contribution is 5.88. The number of aliphatic hydroxyl groups is 1. The Morgan fingerprint density at radius 3 is 2.71 bits per heavy atom. The van der Waals surface area contributed by atoms with Crippen molar-refractivity contribution in [3.8, 4) is 11.6 Å². The van der Waals surface area contributed by atoms with E-state index >= 15 is 0 Å². The largest absolute Gasteiger partial charge is 0.405 e. The second-order valence-electron chi connectivity index (χ2n) is 9.31. The number of halogens is 3. The number of benzene rings is 1. The fourth-order valence-corrected chi connectivity index (χ4v) is 4.18. The summed E-state index contributed by atoms with van der Waals surface area (Å²) in [6.07, 6.45) is -1.87. The van der Waals surface area contributed by atoms with Crippen LogP contribution >= 0.6 is 0 Å². The van der Waals surface area contributed by atoms with Gasteiger partial charge in [-0.15, -0.1) is 0 Å². The lowest BCUT2D eigenvalue weighted by Gasteiger charge is -2.24. The molecule has 11 heteroatoms. The number of aliphatic imine (C=N–C) groups is 1. The van der Waals surface area contributed by atoms with Gasteiger partial charge in [-0.1, -0.05) is 10.2 Å². The summed E-state index contributed by atoms with van der Waals surface area (Å²) in [5.74, 6) is 0.228. The average Bonchev–Trinajstić information content (AvgIpc) is 3.25. The molecule has 0 saturated heterocycles. The van der Waals surface area contributed by atoms with Crippen molar-refractivity contribution in [1.29, 1.82) is 0 Å². The molecule has 0 radical (unpaired) electrons. The predicted octanol–water partition coefficient (Wildman–Crippen LogP) is 4.88. The van der Waals surface area contributed by atoms with Gasteiger partial charge in [0.2, 0.25) is 5.52 Å². The summed E-state index contributed by atoms with van der Waals surface area (Å²) in [5.41, 5.74) is 3.06. The number of nitrogens with one attached hydrogen (secondary N) is 2. The zero-order valence-electron chi connectivity index (χ0n) is 20.1. The summed E-state index contributed by atoms with van der Waals surface area (Å²) < 4.78 is 49.8. The standard InChI is InChI=1S/C24H28F3N5O3/c1-13-8-19(21-31-32-22(35-21)29-14-6-5-7-16(33)9-14)30-20-17(13)10-15(28-12-24(25,26)27)11-18(20)23(2,3)34-4/h8,10-11,16,28,33H,5-7,9,12H2,1-4H3/p+1/b29-14+/t16-/m0/s1. The van der Waals surface area contributed by atoms with Crippen LogP contribution in [0.15, 0.2) is 27.6 Å². The maximum absolute atomic E-state index is 12.8. The number of anilines is 1.